The maximum absolute atomic E-state index is 13.3. The molecule has 0 amide bonds. The normalized spacial score (nSPS) is 15.7. The van der Waals surface area contributed by atoms with Gasteiger partial charge in [0, 0.05) is 19.3 Å². The Morgan fingerprint density at radius 1 is 1.37 bits per heavy atom. The van der Waals surface area contributed by atoms with Crippen LogP contribution in [0.5, 0.6) is 5.75 Å². The van der Waals surface area contributed by atoms with Crippen molar-refractivity contribution in [1.82, 2.24) is 0 Å². The molecule has 0 spiro atoms. The van der Waals surface area contributed by atoms with Crippen molar-refractivity contribution in [3.63, 3.8) is 0 Å². The van der Waals surface area contributed by atoms with E-state index in [-0.39, 0.29) is 11.7 Å². The third kappa shape index (κ3) is 4.41. The molecule has 2 rings (SSSR count). The van der Waals surface area contributed by atoms with Crippen molar-refractivity contribution in [2.45, 2.75) is 12.8 Å². The van der Waals surface area contributed by atoms with Gasteiger partial charge in [-0.3, -0.25) is 0 Å². The van der Waals surface area contributed by atoms with Gasteiger partial charge in [-0.2, -0.15) is 0 Å². The number of alkyl halides is 1. The Balaban J connectivity index is 2.02. The van der Waals surface area contributed by atoms with E-state index in [1.165, 1.54) is 12.1 Å². The average Bonchev–Trinajstić information content (AvgIpc) is 2.45. The third-order valence-electron chi connectivity index (χ3n) is 3.05. The predicted molar refractivity (Wildman–Crippen MR) is 73.0 cm³/mol. The summed E-state index contributed by atoms with van der Waals surface area (Å²) in [6.45, 7) is 2.12. The first-order valence-electron chi connectivity index (χ1n) is 6.34. The summed E-state index contributed by atoms with van der Waals surface area (Å²) in [4.78, 5) is 0. The highest BCUT2D eigenvalue weighted by atomic mass is 35.5. The van der Waals surface area contributed by atoms with Crippen LogP contribution in [0, 0.1) is 23.6 Å². The van der Waals surface area contributed by atoms with Gasteiger partial charge in [-0.05, 0) is 30.9 Å². The number of ether oxygens (including phenoxy) is 2. The van der Waals surface area contributed by atoms with Crippen LogP contribution in [0.3, 0.4) is 0 Å². The first kappa shape index (κ1) is 14.2. The lowest BCUT2D eigenvalue weighted by Gasteiger charge is -2.22. The highest BCUT2D eigenvalue weighted by molar-refractivity contribution is 6.19. The molecule has 0 radical (unpaired) electrons. The van der Waals surface area contributed by atoms with Gasteiger partial charge in [-0.15, -0.1) is 11.6 Å². The van der Waals surface area contributed by atoms with Crippen LogP contribution in [-0.4, -0.2) is 25.7 Å². The minimum Gasteiger partial charge on any atom is -0.492 e. The van der Waals surface area contributed by atoms with Crippen LogP contribution in [-0.2, 0) is 4.74 Å². The zero-order chi connectivity index (χ0) is 13.5. The Morgan fingerprint density at radius 3 is 2.89 bits per heavy atom. The lowest BCUT2D eigenvalue weighted by molar-refractivity contribution is 0.0497. The minimum atomic E-state index is -0.321. The fourth-order valence-corrected chi connectivity index (χ4v) is 2.04. The average molecular weight is 283 g/mol. The van der Waals surface area contributed by atoms with Gasteiger partial charge < -0.3 is 9.47 Å². The second kappa shape index (κ2) is 7.37. The van der Waals surface area contributed by atoms with Gasteiger partial charge in [0.25, 0.3) is 0 Å². The molecule has 4 heteroatoms. The van der Waals surface area contributed by atoms with E-state index >= 15 is 0 Å². The molecule has 1 aromatic rings. The van der Waals surface area contributed by atoms with Gasteiger partial charge in [0.05, 0.1) is 18.1 Å². The molecule has 0 unspecified atom stereocenters. The van der Waals surface area contributed by atoms with Gasteiger partial charge >= 0.3 is 0 Å². The zero-order valence-corrected chi connectivity index (χ0v) is 11.4. The first-order chi connectivity index (χ1) is 9.29. The summed E-state index contributed by atoms with van der Waals surface area (Å²) in [5, 5.41) is 0. The Labute approximate surface area is 117 Å². The maximum Gasteiger partial charge on any atom is 0.137 e. The van der Waals surface area contributed by atoms with E-state index in [9.17, 15) is 4.39 Å². The van der Waals surface area contributed by atoms with Crippen LogP contribution in [0.2, 0.25) is 0 Å². The van der Waals surface area contributed by atoms with Gasteiger partial charge in [0.15, 0.2) is 0 Å². The molecule has 19 heavy (non-hydrogen) atoms. The number of benzene rings is 1. The van der Waals surface area contributed by atoms with Gasteiger partial charge in [0.1, 0.15) is 11.6 Å². The highest BCUT2D eigenvalue weighted by Crippen LogP contribution is 2.22. The molecule has 0 N–H and O–H groups in total. The summed E-state index contributed by atoms with van der Waals surface area (Å²) >= 11 is 5.53. The summed E-state index contributed by atoms with van der Waals surface area (Å²) in [5.41, 5.74) is 0.675. The Hall–Kier alpha value is -1.24. The molecule has 0 atom stereocenters. The van der Waals surface area contributed by atoms with Crippen LogP contribution in [0.15, 0.2) is 18.2 Å². The van der Waals surface area contributed by atoms with Crippen LogP contribution in [0.1, 0.15) is 18.4 Å². The van der Waals surface area contributed by atoms with Crippen molar-refractivity contribution in [3.05, 3.63) is 29.6 Å². The molecule has 0 saturated carbocycles. The first-order valence-corrected chi connectivity index (χ1v) is 6.88. The van der Waals surface area contributed by atoms with Crippen LogP contribution >= 0.6 is 11.6 Å². The molecule has 0 aromatic heterocycles. The monoisotopic (exact) mass is 282 g/mol. The van der Waals surface area contributed by atoms with Gasteiger partial charge in [-0.1, -0.05) is 11.8 Å². The topological polar surface area (TPSA) is 18.5 Å². The smallest absolute Gasteiger partial charge is 0.137 e. The maximum atomic E-state index is 13.3. The van der Waals surface area contributed by atoms with Crippen molar-refractivity contribution in [3.8, 4) is 17.6 Å². The van der Waals surface area contributed by atoms with Gasteiger partial charge in [-0.25, -0.2) is 4.39 Å². The molecule has 0 aliphatic carbocycles. The summed E-state index contributed by atoms with van der Waals surface area (Å²) in [6, 6.07) is 4.37. The largest absolute Gasteiger partial charge is 0.492 e. The Morgan fingerprint density at radius 2 is 2.16 bits per heavy atom. The predicted octanol–water partition coefficient (Wildman–Crippen LogP) is 3.22. The van der Waals surface area contributed by atoms with Crippen LogP contribution in [0.4, 0.5) is 4.39 Å². The molecular weight excluding hydrogens is 267 g/mol. The SMILES string of the molecule is Fc1ccc(C#CCCl)c(OCC2CCOCC2)c1. The molecule has 1 aliphatic heterocycles. The lowest BCUT2D eigenvalue weighted by atomic mass is 10.0. The highest BCUT2D eigenvalue weighted by Gasteiger charge is 2.15. The van der Waals surface area contributed by atoms with E-state index in [0.29, 0.717) is 23.8 Å². The number of hydrogen-bond donors (Lipinski definition) is 0. The molecular formula is C15H16ClFO2. The van der Waals surface area contributed by atoms with E-state index in [1.807, 2.05) is 0 Å². The van der Waals surface area contributed by atoms with E-state index in [1.54, 1.807) is 6.07 Å². The van der Waals surface area contributed by atoms with Crippen molar-refractivity contribution in [1.29, 1.82) is 0 Å². The Kier molecular flexibility index (Phi) is 5.50. The molecule has 102 valence electrons. The van der Waals surface area contributed by atoms with Crippen LogP contribution in [0.25, 0.3) is 0 Å². The zero-order valence-electron chi connectivity index (χ0n) is 10.6. The quantitative estimate of drug-likeness (QED) is 0.626. The second-order valence-corrected chi connectivity index (χ2v) is 4.71. The summed E-state index contributed by atoms with van der Waals surface area (Å²) in [5.74, 6) is 6.51. The third-order valence-corrected chi connectivity index (χ3v) is 3.18. The molecule has 1 heterocycles. The van der Waals surface area contributed by atoms with E-state index in [4.69, 9.17) is 21.1 Å². The summed E-state index contributed by atoms with van der Waals surface area (Å²) in [7, 11) is 0. The number of hydrogen-bond acceptors (Lipinski definition) is 2. The fraction of sp³-hybridized carbons (Fsp3) is 0.467. The molecule has 1 fully saturated rings. The Bertz CT molecular complexity index is 473. The van der Waals surface area contributed by atoms with Crippen molar-refractivity contribution < 1.29 is 13.9 Å². The minimum absolute atomic E-state index is 0.247. The molecule has 1 aliphatic rings. The van der Waals surface area contributed by atoms with E-state index < -0.39 is 0 Å². The van der Waals surface area contributed by atoms with Gasteiger partial charge in [0.2, 0.25) is 0 Å². The van der Waals surface area contributed by atoms with Crippen molar-refractivity contribution >= 4 is 11.6 Å². The number of halogens is 2. The fourth-order valence-electron chi connectivity index (χ4n) is 1.97. The second-order valence-electron chi connectivity index (χ2n) is 4.44. The lowest BCUT2D eigenvalue weighted by Crippen LogP contribution is -2.21. The van der Waals surface area contributed by atoms with E-state index in [0.717, 1.165) is 26.1 Å². The number of rotatable bonds is 3. The molecule has 0 bridgehead atoms. The summed E-state index contributed by atoms with van der Waals surface area (Å²) < 4.78 is 24.3. The molecule has 1 aromatic carbocycles. The van der Waals surface area contributed by atoms with Crippen molar-refractivity contribution in [2.75, 3.05) is 25.7 Å². The summed E-state index contributed by atoms with van der Waals surface area (Å²) in [6.07, 6.45) is 1.97. The van der Waals surface area contributed by atoms with Crippen molar-refractivity contribution in [2.24, 2.45) is 5.92 Å². The van der Waals surface area contributed by atoms with Crippen LogP contribution < -0.4 is 4.74 Å². The molecule has 2 nitrogen and oxygen atoms in total. The standard InChI is InChI=1S/C15H16ClFO2/c16-7-1-2-13-3-4-14(17)10-15(13)19-11-12-5-8-18-9-6-12/h3-4,10,12H,5-9,11H2. The molecule has 1 saturated heterocycles. The van der Waals surface area contributed by atoms with E-state index in [2.05, 4.69) is 11.8 Å².